The van der Waals surface area contributed by atoms with Crippen LogP contribution in [0.15, 0.2) is 0 Å². The van der Waals surface area contributed by atoms with Gasteiger partial charge in [0, 0.05) is 44.4 Å². The summed E-state index contributed by atoms with van der Waals surface area (Å²) in [5, 5.41) is 170. The van der Waals surface area contributed by atoms with Crippen molar-refractivity contribution in [2.45, 2.75) is 179 Å². The molecule has 35 nitrogen and oxygen atoms in total. The van der Waals surface area contributed by atoms with Gasteiger partial charge in [0.15, 0.2) is 12.6 Å². The van der Waals surface area contributed by atoms with Crippen molar-refractivity contribution in [1.29, 1.82) is 0 Å². The molecule has 30 atom stereocenters. The van der Waals surface area contributed by atoms with Crippen LogP contribution in [-0.2, 0) is 61.8 Å². The van der Waals surface area contributed by atoms with Crippen LogP contribution in [-0.4, -0.2) is 351 Å². The van der Waals surface area contributed by atoms with Gasteiger partial charge in [-0.1, -0.05) is 0 Å². The number of rotatable bonds is 25. The van der Waals surface area contributed by atoms with E-state index in [0.29, 0.717) is 0 Å². The fourth-order valence-electron chi connectivity index (χ4n) is 11.4. The lowest BCUT2D eigenvalue weighted by atomic mass is 9.85. The number of carbonyl (C=O) groups excluding carboxylic acids is 3. The van der Waals surface area contributed by atoms with Crippen LogP contribution in [0.1, 0.15) is 20.8 Å². The monoisotopic (exact) mass is 1240 g/mol. The normalized spacial score (nSPS) is 44.1. The van der Waals surface area contributed by atoms with Crippen LogP contribution in [0.4, 0.5) is 0 Å². The lowest BCUT2D eigenvalue weighted by Crippen LogP contribution is -2.65. The Morgan fingerprint density at radius 3 is 1.01 bits per heavy atom. The van der Waals surface area contributed by atoms with E-state index in [-0.39, 0.29) is 52.9 Å². The first-order chi connectivity index (χ1) is 40.3. The number of nitrogens with two attached hydrogens (primary N) is 3. The van der Waals surface area contributed by atoms with Crippen molar-refractivity contribution in [3.05, 3.63) is 0 Å². The Labute approximate surface area is 489 Å². The summed E-state index contributed by atoms with van der Waals surface area (Å²) in [5.74, 6) is -4.84. The smallest absolute Gasteiger partial charge is 0.217 e. The van der Waals surface area contributed by atoms with Crippen molar-refractivity contribution >= 4 is 17.7 Å². The van der Waals surface area contributed by atoms with Gasteiger partial charge in [-0.3, -0.25) is 14.4 Å². The van der Waals surface area contributed by atoms with E-state index in [1.54, 1.807) is 0 Å². The highest BCUT2D eigenvalue weighted by molar-refractivity contribution is 5.74. The molecule has 6 aliphatic rings. The average Bonchev–Trinajstić information content (AvgIpc) is 2.80. The van der Waals surface area contributed by atoms with Crippen LogP contribution in [0.25, 0.3) is 0 Å². The first kappa shape index (κ1) is 73.0. The van der Waals surface area contributed by atoms with Crippen molar-refractivity contribution in [2.24, 2.45) is 40.9 Å². The molecule has 6 rings (SSSR count). The lowest BCUT2D eigenvalue weighted by molar-refractivity contribution is -0.248. The molecule has 0 aliphatic carbocycles. The van der Waals surface area contributed by atoms with Crippen molar-refractivity contribution in [3.63, 3.8) is 0 Å². The number of aliphatic hydroxyl groups excluding tert-OH is 16. The van der Waals surface area contributed by atoms with Gasteiger partial charge in [-0.05, 0) is 0 Å². The van der Waals surface area contributed by atoms with E-state index in [1.807, 2.05) is 0 Å². The molecule has 0 spiro atoms. The van der Waals surface area contributed by atoms with E-state index in [9.17, 15) is 96.1 Å². The second kappa shape index (κ2) is 34.4. The molecule has 0 saturated carbocycles. The summed E-state index contributed by atoms with van der Waals surface area (Å²) >= 11 is 0. The Bertz CT molecular complexity index is 2000. The highest BCUT2D eigenvalue weighted by atomic mass is 16.6. The molecule has 85 heavy (non-hydrogen) atoms. The topological polar surface area (TPSA) is 581 Å². The van der Waals surface area contributed by atoms with Crippen LogP contribution in [0, 0.1) is 23.7 Å². The Morgan fingerprint density at radius 1 is 0.318 bits per heavy atom. The summed E-state index contributed by atoms with van der Waals surface area (Å²) in [6.45, 7) is -1.07. The molecular formula is C50H92N6O29. The predicted molar refractivity (Wildman–Crippen MR) is 281 cm³/mol. The Balaban J connectivity index is 0.000000318. The zero-order valence-corrected chi connectivity index (χ0v) is 47.4. The minimum atomic E-state index is -1.58. The van der Waals surface area contributed by atoms with E-state index in [4.69, 9.17) is 64.6 Å². The zero-order valence-electron chi connectivity index (χ0n) is 47.4. The molecule has 35 heteroatoms. The van der Waals surface area contributed by atoms with Gasteiger partial charge in [0.25, 0.3) is 0 Å². The number of amides is 3. The first-order valence-electron chi connectivity index (χ1n) is 28.1. The highest BCUT2D eigenvalue weighted by Gasteiger charge is 2.51. The van der Waals surface area contributed by atoms with E-state index < -0.39 is 240 Å². The van der Waals surface area contributed by atoms with Gasteiger partial charge in [-0.25, -0.2) is 0 Å². The van der Waals surface area contributed by atoms with E-state index in [1.165, 1.54) is 20.8 Å². The van der Waals surface area contributed by atoms with Crippen LogP contribution < -0.4 is 33.2 Å². The van der Waals surface area contributed by atoms with E-state index in [0.717, 1.165) is 0 Å². The van der Waals surface area contributed by atoms with Gasteiger partial charge in [0.2, 0.25) is 17.7 Å². The number of hydrogen-bond donors (Lipinski definition) is 22. The fourth-order valence-corrected chi connectivity index (χ4v) is 11.4. The molecule has 6 saturated heterocycles. The first-order valence-corrected chi connectivity index (χ1v) is 28.1. The van der Waals surface area contributed by atoms with E-state index >= 15 is 0 Å². The number of nitrogens with one attached hydrogen (secondary N) is 3. The molecule has 0 bridgehead atoms. The maximum absolute atomic E-state index is 12.1. The maximum Gasteiger partial charge on any atom is 0.217 e. The van der Waals surface area contributed by atoms with Gasteiger partial charge in [0.1, 0.15) is 54.9 Å². The summed E-state index contributed by atoms with van der Waals surface area (Å²) < 4.78 is 56.4. The minimum Gasteiger partial charge on any atom is -0.394 e. The SMILES string of the molecule is CC(=O)NC1[C@H](COC[C@@H]2C(CO)O[C@@H](COC[C@@H]3C(CO)O[C@@H](O)C(NC(C)=O)[C@@H]3O)C(NC(C)=O)[C@@H]2O)OC(CO)[C@@H](O)[C@H]1O.NC1[C@H](COC[C@@H]2C(CO)O[C@@H](COC[C@@H]3C(CO)O[C@@H](O)C(N)[C@@H]3O)C(N)[C@@H]2O)OC(CO)[C@@H](O)[C@H]1O. The second-order valence-corrected chi connectivity index (χ2v) is 22.2. The zero-order chi connectivity index (χ0) is 63.1. The van der Waals surface area contributed by atoms with Crippen molar-refractivity contribution in [2.75, 3.05) is 92.5 Å². The molecule has 0 aromatic rings. The van der Waals surface area contributed by atoms with Crippen LogP contribution in [0.3, 0.4) is 0 Å². The maximum atomic E-state index is 12.1. The molecule has 496 valence electrons. The third-order valence-corrected chi connectivity index (χ3v) is 16.3. The van der Waals surface area contributed by atoms with Gasteiger partial charge < -0.3 is 162 Å². The Morgan fingerprint density at radius 2 is 0.600 bits per heavy atom. The Kier molecular flexibility index (Phi) is 29.6. The fraction of sp³-hybridized carbons (Fsp3) is 0.940. The molecule has 0 aromatic heterocycles. The van der Waals surface area contributed by atoms with Gasteiger partial charge in [-0.15, -0.1) is 0 Å². The third kappa shape index (κ3) is 18.7. The van der Waals surface area contributed by atoms with Crippen LogP contribution in [0.5, 0.6) is 0 Å². The largest absolute Gasteiger partial charge is 0.394 e. The number of ether oxygens (including phenoxy) is 10. The van der Waals surface area contributed by atoms with Crippen molar-refractivity contribution in [1.82, 2.24) is 16.0 Å². The molecule has 6 aliphatic heterocycles. The highest BCUT2D eigenvalue weighted by Crippen LogP contribution is 2.32. The minimum absolute atomic E-state index is 0.104. The van der Waals surface area contributed by atoms with Gasteiger partial charge in [0.05, 0.1) is 184 Å². The third-order valence-electron chi connectivity index (χ3n) is 16.3. The standard InChI is InChI=1S/C28H49N3O16.C22H43N3O13/c1-11(35)29-21-19(9-44-8-15-17(5-33)47-28(42)23(25(15)39)31-13(3)37)45-16(4-32)14(24(21)38)7-43-10-20-22(30-12(2)36)27(41)26(40)18(6-34)46-20;23-15-13(6-35-5-9-11(2-27)38-22(33)17(25)19(9)30)36-10(1-26)8(18(15)29)4-34-7-14-16(24)21(32)20(31)12(3-28)37-14/h14-28,32-34,38-42H,4-10H2,1-3H3,(H,29,35)(H,30,36)(H,31,37);8-22,26-33H,1-7,23-25H2/t14-,15-,16?,17?,18?,19+,20+,21?,22?,23?,24-,25-,26-,27+,28-;8-,9-,10?,11?,12?,13+,14+,15?,16?,17?,18-,19-,20-,21+,22-/m11/s1. The second-order valence-electron chi connectivity index (χ2n) is 22.2. The molecule has 0 radical (unpaired) electrons. The molecule has 0 aromatic carbocycles. The van der Waals surface area contributed by atoms with Crippen LogP contribution >= 0.6 is 0 Å². The molecular weight excluding hydrogens is 1150 g/mol. The summed E-state index contributed by atoms with van der Waals surface area (Å²) in [6, 6.07) is -6.34. The van der Waals surface area contributed by atoms with Crippen LogP contribution in [0.2, 0.25) is 0 Å². The molecule has 25 N–H and O–H groups in total. The lowest BCUT2D eigenvalue weighted by Gasteiger charge is -2.46. The average molecular weight is 1240 g/mol. The molecule has 3 amide bonds. The van der Waals surface area contributed by atoms with Crippen molar-refractivity contribution < 1.29 is 143 Å². The number of carbonyl (C=O) groups is 3. The predicted octanol–water partition coefficient (Wildman–Crippen LogP) is -13.7. The Hall–Kier alpha value is -2.75. The number of hydrogen-bond acceptors (Lipinski definition) is 32. The molecule has 6 heterocycles. The summed E-state index contributed by atoms with van der Waals surface area (Å²) in [4.78, 5) is 35.3. The quantitative estimate of drug-likeness (QED) is 0.0404. The number of aliphatic hydroxyl groups is 16. The van der Waals surface area contributed by atoms with Crippen molar-refractivity contribution in [3.8, 4) is 0 Å². The summed E-state index contributed by atoms with van der Waals surface area (Å²) in [5.41, 5.74) is 17.8. The summed E-state index contributed by atoms with van der Waals surface area (Å²) in [6.07, 6.45) is -23.4. The molecule has 6 fully saturated rings. The molecule has 12 unspecified atom stereocenters. The van der Waals surface area contributed by atoms with Gasteiger partial charge in [-0.2, -0.15) is 0 Å². The van der Waals surface area contributed by atoms with E-state index in [2.05, 4.69) is 16.0 Å². The van der Waals surface area contributed by atoms with Gasteiger partial charge >= 0.3 is 0 Å². The summed E-state index contributed by atoms with van der Waals surface area (Å²) in [7, 11) is 0.